The molecule has 84 valence electrons. The Hall–Kier alpha value is -0.410. The van der Waals surface area contributed by atoms with Gasteiger partial charge < -0.3 is 4.74 Å². The van der Waals surface area contributed by atoms with Crippen molar-refractivity contribution >= 4 is 5.78 Å². The SMILES string of the molecule is CCCC(=O)CN(CC)C(C)COC. The van der Waals surface area contributed by atoms with Gasteiger partial charge in [-0.2, -0.15) is 0 Å². The summed E-state index contributed by atoms with van der Waals surface area (Å²) in [5, 5.41) is 0. The van der Waals surface area contributed by atoms with Gasteiger partial charge in [-0.25, -0.2) is 0 Å². The number of nitrogens with zero attached hydrogens (tertiary/aromatic N) is 1. The predicted octanol–water partition coefficient (Wildman–Crippen LogP) is 1.71. The molecule has 0 radical (unpaired) electrons. The highest BCUT2D eigenvalue weighted by Gasteiger charge is 2.14. The molecule has 0 fully saturated rings. The van der Waals surface area contributed by atoms with Crippen LogP contribution in [0.3, 0.4) is 0 Å². The molecule has 0 amide bonds. The Morgan fingerprint density at radius 3 is 2.50 bits per heavy atom. The van der Waals surface area contributed by atoms with Crippen molar-refractivity contribution in [1.29, 1.82) is 0 Å². The van der Waals surface area contributed by atoms with E-state index in [9.17, 15) is 4.79 Å². The molecule has 0 aromatic heterocycles. The zero-order chi connectivity index (χ0) is 11.0. The number of hydrogen-bond donors (Lipinski definition) is 0. The molecule has 0 aromatic carbocycles. The van der Waals surface area contributed by atoms with E-state index in [1.165, 1.54) is 0 Å². The lowest BCUT2D eigenvalue weighted by molar-refractivity contribution is -0.120. The van der Waals surface area contributed by atoms with Gasteiger partial charge in [0.15, 0.2) is 0 Å². The predicted molar refractivity (Wildman–Crippen MR) is 58.5 cm³/mol. The molecule has 0 aromatic rings. The maximum absolute atomic E-state index is 11.4. The number of ether oxygens (including phenoxy) is 1. The van der Waals surface area contributed by atoms with E-state index in [0.29, 0.717) is 31.4 Å². The topological polar surface area (TPSA) is 29.5 Å². The number of carbonyl (C=O) groups excluding carboxylic acids is 1. The Bertz CT molecular complexity index is 159. The second kappa shape index (κ2) is 7.94. The molecule has 0 bridgehead atoms. The molecule has 3 heteroatoms. The summed E-state index contributed by atoms with van der Waals surface area (Å²) in [4.78, 5) is 13.6. The average Bonchev–Trinajstić information content (AvgIpc) is 2.15. The minimum absolute atomic E-state index is 0.325. The van der Waals surface area contributed by atoms with Gasteiger partial charge in [0, 0.05) is 19.6 Å². The van der Waals surface area contributed by atoms with Gasteiger partial charge in [0.05, 0.1) is 13.2 Å². The molecule has 0 saturated carbocycles. The molecule has 0 spiro atoms. The van der Waals surface area contributed by atoms with Crippen molar-refractivity contribution < 1.29 is 9.53 Å². The Balaban J connectivity index is 3.94. The van der Waals surface area contributed by atoms with E-state index in [1.807, 2.05) is 6.92 Å². The van der Waals surface area contributed by atoms with E-state index < -0.39 is 0 Å². The normalized spacial score (nSPS) is 13.2. The van der Waals surface area contributed by atoms with Crippen LogP contribution < -0.4 is 0 Å². The standard InChI is InChI=1S/C11H23NO2/c1-5-7-11(13)8-12(6-2)10(3)9-14-4/h10H,5-9H2,1-4H3. The molecular weight excluding hydrogens is 178 g/mol. The van der Waals surface area contributed by atoms with E-state index in [2.05, 4.69) is 18.7 Å². The summed E-state index contributed by atoms with van der Waals surface area (Å²) in [5.74, 6) is 0.331. The molecular formula is C11H23NO2. The zero-order valence-electron chi connectivity index (χ0n) is 9.88. The van der Waals surface area contributed by atoms with E-state index in [0.717, 1.165) is 13.0 Å². The van der Waals surface area contributed by atoms with Crippen LogP contribution in [-0.2, 0) is 9.53 Å². The minimum atomic E-state index is 0.325. The van der Waals surface area contributed by atoms with Gasteiger partial charge in [0.2, 0.25) is 0 Å². The second-order valence-electron chi connectivity index (χ2n) is 3.66. The number of ketones is 1. The monoisotopic (exact) mass is 201 g/mol. The summed E-state index contributed by atoms with van der Waals surface area (Å²) in [6.45, 7) is 8.35. The first-order chi connectivity index (χ1) is 6.65. The van der Waals surface area contributed by atoms with Crippen molar-refractivity contribution in [3.63, 3.8) is 0 Å². The van der Waals surface area contributed by atoms with Crippen LogP contribution in [0.5, 0.6) is 0 Å². The third kappa shape index (κ3) is 5.35. The first kappa shape index (κ1) is 13.6. The van der Waals surface area contributed by atoms with Crippen molar-refractivity contribution in [1.82, 2.24) is 4.90 Å². The first-order valence-electron chi connectivity index (χ1n) is 5.40. The molecule has 0 aliphatic rings. The summed E-state index contributed by atoms with van der Waals surface area (Å²) >= 11 is 0. The van der Waals surface area contributed by atoms with E-state index in [1.54, 1.807) is 7.11 Å². The molecule has 0 aliphatic heterocycles. The van der Waals surface area contributed by atoms with Crippen molar-refractivity contribution in [3.05, 3.63) is 0 Å². The molecule has 0 saturated heterocycles. The summed E-state index contributed by atoms with van der Waals surface area (Å²) in [7, 11) is 1.69. The second-order valence-corrected chi connectivity index (χ2v) is 3.66. The molecule has 14 heavy (non-hydrogen) atoms. The third-order valence-corrected chi connectivity index (χ3v) is 2.35. The molecule has 0 rings (SSSR count). The van der Waals surface area contributed by atoms with E-state index in [-0.39, 0.29) is 0 Å². The number of carbonyl (C=O) groups is 1. The smallest absolute Gasteiger partial charge is 0.146 e. The van der Waals surface area contributed by atoms with Crippen LogP contribution in [0.15, 0.2) is 0 Å². The summed E-state index contributed by atoms with van der Waals surface area (Å²) < 4.78 is 5.07. The number of Topliss-reactive ketones (excluding diaryl/α,β-unsaturated/α-hetero) is 1. The van der Waals surface area contributed by atoms with Crippen LogP contribution in [0.4, 0.5) is 0 Å². The Morgan fingerprint density at radius 2 is 2.07 bits per heavy atom. The molecule has 3 nitrogen and oxygen atoms in total. The lowest BCUT2D eigenvalue weighted by Gasteiger charge is -2.26. The molecule has 1 atom stereocenters. The van der Waals surface area contributed by atoms with Gasteiger partial charge in [0.25, 0.3) is 0 Å². The largest absolute Gasteiger partial charge is 0.383 e. The highest BCUT2D eigenvalue weighted by molar-refractivity contribution is 5.80. The molecule has 0 heterocycles. The lowest BCUT2D eigenvalue weighted by Crippen LogP contribution is -2.39. The average molecular weight is 201 g/mol. The number of rotatable bonds is 8. The molecule has 0 N–H and O–H groups in total. The number of hydrogen-bond acceptors (Lipinski definition) is 3. The quantitative estimate of drug-likeness (QED) is 0.599. The summed E-state index contributed by atoms with van der Waals surface area (Å²) in [6, 6.07) is 0.325. The van der Waals surface area contributed by atoms with E-state index in [4.69, 9.17) is 4.74 Å². The molecule has 0 aliphatic carbocycles. The Kier molecular flexibility index (Phi) is 7.71. The van der Waals surface area contributed by atoms with Gasteiger partial charge in [0.1, 0.15) is 5.78 Å². The Morgan fingerprint density at radius 1 is 1.43 bits per heavy atom. The summed E-state index contributed by atoms with van der Waals surface area (Å²) in [6.07, 6.45) is 1.63. The minimum Gasteiger partial charge on any atom is -0.383 e. The van der Waals surface area contributed by atoms with Crippen molar-refractivity contribution in [3.8, 4) is 0 Å². The van der Waals surface area contributed by atoms with Gasteiger partial charge >= 0.3 is 0 Å². The fourth-order valence-corrected chi connectivity index (χ4v) is 1.51. The highest BCUT2D eigenvalue weighted by Crippen LogP contribution is 2.01. The Labute approximate surface area is 87.4 Å². The number of methoxy groups -OCH3 is 1. The maximum atomic E-state index is 11.4. The lowest BCUT2D eigenvalue weighted by atomic mass is 10.2. The van der Waals surface area contributed by atoms with E-state index >= 15 is 0 Å². The zero-order valence-corrected chi connectivity index (χ0v) is 9.88. The van der Waals surface area contributed by atoms with Crippen molar-refractivity contribution in [2.75, 3.05) is 26.8 Å². The van der Waals surface area contributed by atoms with Gasteiger partial charge in [-0.15, -0.1) is 0 Å². The molecule has 1 unspecified atom stereocenters. The first-order valence-corrected chi connectivity index (χ1v) is 5.40. The highest BCUT2D eigenvalue weighted by atomic mass is 16.5. The summed E-state index contributed by atoms with van der Waals surface area (Å²) in [5.41, 5.74) is 0. The van der Waals surface area contributed by atoms with Crippen LogP contribution >= 0.6 is 0 Å². The third-order valence-electron chi connectivity index (χ3n) is 2.35. The fraction of sp³-hybridized carbons (Fsp3) is 0.909. The fourth-order valence-electron chi connectivity index (χ4n) is 1.51. The van der Waals surface area contributed by atoms with Crippen LogP contribution in [0.25, 0.3) is 0 Å². The van der Waals surface area contributed by atoms with Crippen LogP contribution in [0.2, 0.25) is 0 Å². The van der Waals surface area contributed by atoms with Crippen molar-refractivity contribution in [2.45, 2.75) is 39.7 Å². The van der Waals surface area contributed by atoms with Crippen LogP contribution in [0, 0.1) is 0 Å². The van der Waals surface area contributed by atoms with Crippen LogP contribution in [-0.4, -0.2) is 43.5 Å². The van der Waals surface area contributed by atoms with Gasteiger partial charge in [-0.05, 0) is 19.9 Å². The van der Waals surface area contributed by atoms with Crippen LogP contribution in [0.1, 0.15) is 33.6 Å². The van der Waals surface area contributed by atoms with Gasteiger partial charge in [-0.1, -0.05) is 13.8 Å². The van der Waals surface area contributed by atoms with Crippen molar-refractivity contribution in [2.24, 2.45) is 0 Å². The number of likely N-dealkylation sites (N-methyl/N-ethyl adjacent to an activating group) is 1. The van der Waals surface area contributed by atoms with Gasteiger partial charge in [-0.3, -0.25) is 9.69 Å². The maximum Gasteiger partial charge on any atom is 0.146 e.